The summed E-state index contributed by atoms with van der Waals surface area (Å²) in [4.78, 5) is 20.6. The Balaban J connectivity index is 1.90. The molecule has 0 fully saturated rings. The van der Waals surface area contributed by atoms with Gasteiger partial charge in [-0.05, 0) is 23.3 Å². The molecule has 1 aromatic heterocycles. The number of nitriles is 1. The van der Waals surface area contributed by atoms with Crippen LogP contribution in [0.2, 0.25) is 0 Å². The van der Waals surface area contributed by atoms with Crippen LogP contribution in [0.1, 0.15) is 22.4 Å². The maximum Gasteiger partial charge on any atom is 0.341 e. The van der Waals surface area contributed by atoms with Crippen LogP contribution in [0.15, 0.2) is 67.2 Å². The Kier molecular flexibility index (Phi) is 6.74. The number of para-hydroxylation sites is 1. The number of carbonyl (C=O) groups excluding carboxylic acids is 1. The standard InChI is InChI=1S/C23H19N3O4/c1-28-14-20(23(27)29-2)19-9-5-3-7-16(19)11-18-12-22(26-15-25-18)30-21-10-6-4-8-17(21)13-24/h3-10,12,14-15H,11H2,1-2H3/b20-14+. The minimum absolute atomic E-state index is 0.309. The van der Waals surface area contributed by atoms with Gasteiger partial charge < -0.3 is 14.2 Å². The SMILES string of the molecule is CO/C=C(/C(=O)OC)c1ccccc1Cc1cc(Oc2ccccc2C#N)ncn1. The first-order valence-corrected chi connectivity index (χ1v) is 9.03. The van der Waals surface area contributed by atoms with Crippen molar-refractivity contribution in [3.63, 3.8) is 0 Å². The second-order valence-electron chi connectivity index (χ2n) is 6.15. The molecule has 2 aromatic carbocycles. The molecule has 0 saturated carbocycles. The fraction of sp³-hybridized carbons (Fsp3) is 0.130. The Morgan fingerprint density at radius 1 is 1.10 bits per heavy atom. The van der Waals surface area contributed by atoms with Gasteiger partial charge in [0.25, 0.3) is 0 Å². The highest BCUT2D eigenvalue weighted by atomic mass is 16.5. The van der Waals surface area contributed by atoms with Crippen LogP contribution < -0.4 is 4.74 Å². The maximum absolute atomic E-state index is 12.2. The Labute approximate surface area is 174 Å². The maximum atomic E-state index is 12.2. The summed E-state index contributed by atoms with van der Waals surface area (Å²) in [5.74, 6) is 0.242. The molecule has 0 aliphatic rings. The van der Waals surface area contributed by atoms with Crippen LogP contribution in [-0.2, 0) is 20.7 Å². The number of ether oxygens (including phenoxy) is 3. The second-order valence-corrected chi connectivity index (χ2v) is 6.15. The zero-order chi connectivity index (χ0) is 21.3. The molecule has 150 valence electrons. The number of nitrogens with zero attached hydrogens (tertiary/aromatic N) is 3. The third-order valence-corrected chi connectivity index (χ3v) is 4.24. The molecular formula is C23H19N3O4. The van der Waals surface area contributed by atoms with Crippen molar-refractivity contribution in [2.24, 2.45) is 0 Å². The highest BCUT2D eigenvalue weighted by Crippen LogP contribution is 2.26. The van der Waals surface area contributed by atoms with Crippen LogP contribution in [0.3, 0.4) is 0 Å². The molecular weight excluding hydrogens is 382 g/mol. The van der Waals surface area contributed by atoms with Crippen LogP contribution >= 0.6 is 0 Å². The van der Waals surface area contributed by atoms with Gasteiger partial charge in [-0.2, -0.15) is 5.26 Å². The van der Waals surface area contributed by atoms with E-state index in [4.69, 9.17) is 14.2 Å². The fourth-order valence-electron chi connectivity index (χ4n) is 2.87. The van der Waals surface area contributed by atoms with Gasteiger partial charge >= 0.3 is 5.97 Å². The Morgan fingerprint density at radius 2 is 1.87 bits per heavy atom. The average Bonchev–Trinajstić information content (AvgIpc) is 2.78. The van der Waals surface area contributed by atoms with E-state index in [0.717, 1.165) is 5.56 Å². The molecule has 0 N–H and O–H groups in total. The first-order valence-electron chi connectivity index (χ1n) is 9.03. The van der Waals surface area contributed by atoms with Crippen molar-refractivity contribution in [1.29, 1.82) is 5.26 Å². The van der Waals surface area contributed by atoms with E-state index in [0.29, 0.717) is 40.4 Å². The molecule has 0 aliphatic heterocycles. The van der Waals surface area contributed by atoms with Crippen molar-refractivity contribution in [2.75, 3.05) is 14.2 Å². The third-order valence-electron chi connectivity index (χ3n) is 4.24. The van der Waals surface area contributed by atoms with Gasteiger partial charge in [0.05, 0.1) is 31.7 Å². The smallest absolute Gasteiger partial charge is 0.341 e. The molecule has 0 radical (unpaired) electrons. The van der Waals surface area contributed by atoms with Gasteiger partial charge in [0.2, 0.25) is 5.88 Å². The number of rotatable bonds is 7. The van der Waals surface area contributed by atoms with Crippen LogP contribution in [0.4, 0.5) is 0 Å². The van der Waals surface area contributed by atoms with Gasteiger partial charge in [-0.15, -0.1) is 0 Å². The zero-order valence-corrected chi connectivity index (χ0v) is 16.5. The van der Waals surface area contributed by atoms with Gasteiger partial charge in [-0.1, -0.05) is 36.4 Å². The van der Waals surface area contributed by atoms with Crippen molar-refractivity contribution in [2.45, 2.75) is 6.42 Å². The molecule has 0 amide bonds. The Bertz CT molecular complexity index is 1120. The molecule has 3 rings (SSSR count). The van der Waals surface area contributed by atoms with Crippen LogP contribution in [-0.4, -0.2) is 30.2 Å². The molecule has 0 bridgehead atoms. The molecule has 0 saturated heterocycles. The van der Waals surface area contributed by atoms with Gasteiger partial charge in [0, 0.05) is 12.5 Å². The predicted molar refractivity (Wildman–Crippen MR) is 110 cm³/mol. The number of hydrogen-bond donors (Lipinski definition) is 0. The molecule has 0 aliphatic carbocycles. The van der Waals surface area contributed by atoms with Gasteiger partial charge in [0.1, 0.15) is 23.7 Å². The quantitative estimate of drug-likeness (QED) is 0.337. The summed E-state index contributed by atoms with van der Waals surface area (Å²) < 4.78 is 15.7. The summed E-state index contributed by atoms with van der Waals surface area (Å²) >= 11 is 0. The summed E-state index contributed by atoms with van der Waals surface area (Å²) in [7, 11) is 2.79. The molecule has 0 unspecified atom stereocenters. The molecule has 7 heteroatoms. The fourth-order valence-corrected chi connectivity index (χ4v) is 2.87. The molecule has 0 atom stereocenters. The normalized spacial score (nSPS) is 10.8. The first-order chi connectivity index (χ1) is 14.7. The van der Waals surface area contributed by atoms with Crippen LogP contribution in [0, 0.1) is 11.3 Å². The Morgan fingerprint density at radius 3 is 2.63 bits per heavy atom. The summed E-state index contributed by atoms with van der Waals surface area (Å²) in [5.41, 5.74) is 2.94. The van der Waals surface area contributed by atoms with E-state index in [-0.39, 0.29) is 0 Å². The largest absolute Gasteiger partial charge is 0.503 e. The lowest BCUT2D eigenvalue weighted by atomic mass is 9.97. The minimum atomic E-state index is -0.496. The lowest BCUT2D eigenvalue weighted by Crippen LogP contribution is -2.07. The molecule has 7 nitrogen and oxygen atoms in total. The van der Waals surface area contributed by atoms with E-state index in [1.54, 1.807) is 30.3 Å². The lowest BCUT2D eigenvalue weighted by molar-refractivity contribution is -0.133. The highest BCUT2D eigenvalue weighted by molar-refractivity contribution is 6.16. The van der Waals surface area contributed by atoms with Gasteiger partial charge in [-0.3, -0.25) is 0 Å². The van der Waals surface area contributed by atoms with Crippen LogP contribution in [0.25, 0.3) is 5.57 Å². The number of benzene rings is 2. The molecule has 1 heterocycles. The van der Waals surface area contributed by atoms with E-state index in [1.807, 2.05) is 24.3 Å². The van der Waals surface area contributed by atoms with E-state index in [2.05, 4.69) is 16.0 Å². The minimum Gasteiger partial charge on any atom is -0.503 e. The summed E-state index contributed by atoms with van der Waals surface area (Å²) in [6, 6.07) is 18.1. The van der Waals surface area contributed by atoms with E-state index in [1.165, 1.54) is 26.8 Å². The molecule has 0 spiro atoms. The van der Waals surface area contributed by atoms with Crippen molar-refractivity contribution >= 4 is 11.5 Å². The van der Waals surface area contributed by atoms with Crippen molar-refractivity contribution < 1.29 is 19.0 Å². The van der Waals surface area contributed by atoms with Crippen molar-refractivity contribution in [3.8, 4) is 17.7 Å². The van der Waals surface area contributed by atoms with E-state index in [9.17, 15) is 10.1 Å². The number of esters is 1. The number of hydrogen-bond acceptors (Lipinski definition) is 7. The number of carbonyl (C=O) groups is 1. The topological polar surface area (TPSA) is 94.3 Å². The third kappa shape index (κ3) is 4.80. The Hall–Kier alpha value is -4.18. The van der Waals surface area contributed by atoms with Crippen LogP contribution in [0.5, 0.6) is 11.6 Å². The number of aromatic nitrogens is 2. The zero-order valence-electron chi connectivity index (χ0n) is 16.5. The summed E-state index contributed by atoms with van der Waals surface area (Å²) in [6.07, 6.45) is 3.18. The number of methoxy groups -OCH3 is 2. The molecule has 3 aromatic rings. The van der Waals surface area contributed by atoms with E-state index < -0.39 is 5.97 Å². The average molecular weight is 401 g/mol. The predicted octanol–water partition coefficient (Wildman–Crippen LogP) is 3.89. The van der Waals surface area contributed by atoms with Gasteiger partial charge in [-0.25, -0.2) is 14.8 Å². The summed E-state index contributed by atoms with van der Waals surface area (Å²) in [6.45, 7) is 0. The highest BCUT2D eigenvalue weighted by Gasteiger charge is 2.17. The first kappa shape index (κ1) is 20.6. The van der Waals surface area contributed by atoms with Crippen molar-refractivity contribution in [3.05, 3.63) is 89.6 Å². The molecule has 30 heavy (non-hydrogen) atoms. The van der Waals surface area contributed by atoms with Crippen molar-refractivity contribution in [1.82, 2.24) is 9.97 Å². The van der Waals surface area contributed by atoms with Gasteiger partial charge in [0.15, 0.2) is 0 Å². The lowest BCUT2D eigenvalue weighted by Gasteiger charge is -2.12. The monoisotopic (exact) mass is 401 g/mol. The summed E-state index contributed by atoms with van der Waals surface area (Å²) in [5, 5.41) is 9.22. The second kappa shape index (κ2) is 9.85. The van der Waals surface area contributed by atoms with E-state index >= 15 is 0 Å².